The third-order valence-corrected chi connectivity index (χ3v) is 5.36. The lowest BCUT2D eigenvalue weighted by Crippen LogP contribution is -2.63. The molecule has 0 aromatic rings. The number of carbonyl (C=O) groups excluding carboxylic acids is 5. The van der Waals surface area contributed by atoms with E-state index in [1.165, 1.54) is 6.92 Å². The van der Waals surface area contributed by atoms with E-state index in [0.717, 1.165) is 0 Å². The van der Waals surface area contributed by atoms with Gasteiger partial charge in [-0.3, -0.25) is 19.2 Å². The van der Waals surface area contributed by atoms with E-state index < -0.39 is 41.2 Å². The molecule has 0 unspecified atom stereocenters. The van der Waals surface area contributed by atoms with Crippen molar-refractivity contribution in [3.05, 3.63) is 0 Å². The van der Waals surface area contributed by atoms with Gasteiger partial charge in [0.15, 0.2) is 5.78 Å². The van der Waals surface area contributed by atoms with E-state index in [0.29, 0.717) is 38.6 Å². The second kappa shape index (κ2) is 13.7. The molecule has 33 heavy (non-hydrogen) atoms. The Hall–Kier alpha value is -2.82. The van der Waals surface area contributed by atoms with E-state index in [1.54, 1.807) is 6.92 Å². The maximum absolute atomic E-state index is 13.2. The molecule has 0 bridgehead atoms. The molecule has 0 aromatic heterocycles. The summed E-state index contributed by atoms with van der Waals surface area (Å²) in [6.45, 7) is 7.93. The first kappa shape index (κ1) is 28.2. The largest absolute Gasteiger partial charge is 0.464 e. The fourth-order valence-electron chi connectivity index (χ4n) is 3.67. The van der Waals surface area contributed by atoms with Gasteiger partial charge < -0.3 is 31.4 Å². The van der Waals surface area contributed by atoms with Gasteiger partial charge in [-0.05, 0) is 51.6 Å². The van der Waals surface area contributed by atoms with E-state index in [2.05, 4.69) is 21.3 Å². The Morgan fingerprint density at radius 1 is 1.06 bits per heavy atom. The van der Waals surface area contributed by atoms with Crippen LogP contribution in [0.4, 0.5) is 0 Å². The van der Waals surface area contributed by atoms with Gasteiger partial charge in [-0.1, -0.05) is 13.8 Å². The molecular weight excluding hydrogens is 430 g/mol. The Morgan fingerprint density at radius 3 is 2.21 bits per heavy atom. The summed E-state index contributed by atoms with van der Waals surface area (Å²) >= 11 is 0. The number of amides is 3. The average molecular weight is 468 g/mol. The highest BCUT2D eigenvalue weighted by molar-refractivity contribution is 6.26. The molecule has 3 amide bonds. The van der Waals surface area contributed by atoms with Crippen molar-refractivity contribution in [1.29, 1.82) is 5.41 Å². The van der Waals surface area contributed by atoms with Crippen molar-refractivity contribution in [3.63, 3.8) is 0 Å². The molecule has 11 heteroatoms. The van der Waals surface area contributed by atoms with Gasteiger partial charge in [0.25, 0.3) is 0 Å². The smallest absolute Gasteiger partial charge is 0.331 e. The number of hydrogen-bond donors (Lipinski definition) is 5. The quantitative estimate of drug-likeness (QED) is 0.185. The summed E-state index contributed by atoms with van der Waals surface area (Å²) in [5.74, 6) is -2.51. The van der Waals surface area contributed by atoms with E-state index >= 15 is 0 Å². The second-order valence-electron chi connectivity index (χ2n) is 8.63. The zero-order valence-electron chi connectivity index (χ0n) is 19.9. The molecule has 2 atom stereocenters. The number of nitrogens with one attached hydrogen (secondary N) is 5. The number of carbonyl (C=O) groups is 5. The van der Waals surface area contributed by atoms with Gasteiger partial charge >= 0.3 is 5.97 Å². The fraction of sp³-hybridized carbons (Fsp3) is 0.727. The van der Waals surface area contributed by atoms with Crippen LogP contribution in [0.5, 0.6) is 0 Å². The van der Waals surface area contributed by atoms with Gasteiger partial charge in [0.2, 0.25) is 17.7 Å². The van der Waals surface area contributed by atoms with Crippen LogP contribution in [0.3, 0.4) is 0 Å². The molecule has 0 spiro atoms. The molecular formula is C22H37N5O6. The fourth-order valence-corrected chi connectivity index (χ4v) is 3.67. The summed E-state index contributed by atoms with van der Waals surface area (Å²) in [5.41, 5.74) is -1.23. The lowest BCUT2D eigenvalue weighted by atomic mass is 9.87. The lowest BCUT2D eigenvalue weighted by Gasteiger charge is -2.37. The Labute approximate surface area is 194 Å². The van der Waals surface area contributed by atoms with Crippen LogP contribution in [-0.4, -0.2) is 73.0 Å². The molecule has 1 rings (SSSR count). The average Bonchev–Trinajstić information content (AvgIpc) is 2.75. The van der Waals surface area contributed by atoms with Crippen LogP contribution in [0.25, 0.3) is 0 Å². The van der Waals surface area contributed by atoms with Crippen LogP contribution >= 0.6 is 0 Å². The SMILES string of the molecule is CCOC(=O)C1(NC(=O)[C@H](CCC(=O)C=N)NC(=O)[C@H](CC(C)C)NC(C)=O)CCNCC1. The van der Waals surface area contributed by atoms with E-state index in [-0.39, 0.29) is 31.3 Å². The minimum absolute atomic E-state index is 0.0581. The van der Waals surface area contributed by atoms with Crippen molar-refractivity contribution in [1.82, 2.24) is 21.3 Å². The van der Waals surface area contributed by atoms with Gasteiger partial charge in [0.05, 0.1) is 12.8 Å². The van der Waals surface area contributed by atoms with Crippen LogP contribution in [-0.2, 0) is 28.7 Å². The summed E-state index contributed by atoms with van der Waals surface area (Å²) in [5, 5.41) is 18.2. The molecule has 0 aliphatic carbocycles. The first-order valence-electron chi connectivity index (χ1n) is 11.3. The Bertz CT molecular complexity index is 733. The van der Waals surface area contributed by atoms with E-state index in [9.17, 15) is 24.0 Å². The van der Waals surface area contributed by atoms with E-state index in [4.69, 9.17) is 10.1 Å². The molecule has 1 aliphatic rings. The van der Waals surface area contributed by atoms with Crippen molar-refractivity contribution in [2.24, 2.45) is 5.92 Å². The highest BCUT2D eigenvalue weighted by atomic mass is 16.5. The van der Waals surface area contributed by atoms with Crippen molar-refractivity contribution in [2.45, 2.75) is 77.4 Å². The predicted octanol–water partition coefficient (Wildman–Crippen LogP) is -0.178. The van der Waals surface area contributed by atoms with Gasteiger partial charge in [-0.25, -0.2) is 4.79 Å². The summed E-state index contributed by atoms with van der Waals surface area (Å²) in [6.07, 6.45) is 1.46. The number of hydrogen-bond acceptors (Lipinski definition) is 8. The monoisotopic (exact) mass is 467 g/mol. The molecule has 1 saturated heterocycles. The molecule has 0 radical (unpaired) electrons. The summed E-state index contributed by atoms with van der Waals surface area (Å²) in [7, 11) is 0. The number of ether oxygens (including phenoxy) is 1. The maximum atomic E-state index is 13.2. The highest BCUT2D eigenvalue weighted by Crippen LogP contribution is 2.21. The summed E-state index contributed by atoms with van der Waals surface area (Å²) in [6, 6.07) is -1.99. The Kier molecular flexibility index (Phi) is 11.7. The first-order chi connectivity index (χ1) is 15.5. The highest BCUT2D eigenvalue weighted by Gasteiger charge is 2.43. The lowest BCUT2D eigenvalue weighted by molar-refractivity contribution is -0.155. The zero-order chi connectivity index (χ0) is 25.0. The molecule has 186 valence electrons. The molecule has 0 saturated carbocycles. The van der Waals surface area contributed by atoms with Crippen LogP contribution in [0.1, 0.15) is 59.8 Å². The van der Waals surface area contributed by atoms with Gasteiger partial charge in [0.1, 0.15) is 17.6 Å². The molecule has 1 fully saturated rings. The number of rotatable bonds is 13. The molecule has 11 nitrogen and oxygen atoms in total. The van der Waals surface area contributed by atoms with Crippen LogP contribution in [0.15, 0.2) is 0 Å². The second-order valence-corrected chi connectivity index (χ2v) is 8.63. The Morgan fingerprint density at radius 2 is 1.70 bits per heavy atom. The third kappa shape index (κ3) is 9.29. The molecule has 5 N–H and O–H groups in total. The molecule has 1 aliphatic heterocycles. The number of Topliss-reactive ketones (excluding diaryl/α,β-unsaturated/α-hetero) is 1. The summed E-state index contributed by atoms with van der Waals surface area (Å²) < 4.78 is 5.19. The third-order valence-electron chi connectivity index (χ3n) is 5.36. The standard InChI is InChI=1S/C22H37N5O6/c1-5-33-21(32)22(8-10-24-11-9-22)27-20(31)17(7-6-16(29)13-23)26-19(30)18(12-14(2)3)25-15(4)28/h13-14,17-18,23-24H,5-12H2,1-4H3,(H,25,28)(H,26,30)(H,27,31)/t17-,18-/m0/s1. The number of ketones is 1. The van der Waals surface area contributed by atoms with Crippen molar-refractivity contribution >= 4 is 35.7 Å². The number of esters is 1. The first-order valence-corrected chi connectivity index (χ1v) is 11.3. The number of piperidine rings is 1. The molecule has 1 heterocycles. The van der Waals surface area contributed by atoms with Gasteiger partial charge in [-0.15, -0.1) is 0 Å². The Balaban J connectivity index is 3.09. The van der Waals surface area contributed by atoms with Crippen LogP contribution in [0, 0.1) is 11.3 Å². The zero-order valence-corrected chi connectivity index (χ0v) is 19.9. The van der Waals surface area contributed by atoms with Crippen molar-refractivity contribution in [3.8, 4) is 0 Å². The van der Waals surface area contributed by atoms with Crippen molar-refractivity contribution < 1.29 is 28.7 Å². The van der Waals surface area contributed by atoms with Gasteiger partial charge in [-0.2, -0.15) is 0 Å². The summed E-state index contributed by atoms with van der Waals surface area (Å²) in [4.78, 5) is 62.0. The molecule has 0 aromatic carbocycles. The predicted molar refractivity (Wildman–Crippen MR) is 122 cm³/mol. The van der Waals surface area contributed by atoms with Gasteiger partial charge in [0, 0.05) is 13.3 Å². The minimum Gasteiger partial charge on any atom is -0.464 e. The maximum Gasteiger partial charge on any atom is 0.331 e. The van der Waals surface area contributed by atoms with Crippen LogP contribution in [0.2, 0.25) is 0 Å². The van der Waals surface area contributed by atoms with Crippen LogP contribution < -0.4 is 21.3 Å². The topological polar surface area (TPSA) is 167 Å². The normalized spacial score (nSPS) is 16.8. The van der Waals surface area contributed by atoms with E-state index in [1.807, 2.05) is 13.8 Å². The minimum atomic E-state index is -1.23. The van der Waals surface area contributed by atoms with Crippen molar-refractivity contribution in [2.75, 3.05) is 19.7 Å².